The summed E-state index contributed by atoms with van der Waals surface area (Å²) in [6.45, 7) is 1.43. The quantitative estimate of drug-likeness (QED) is 0.897. The fraction of sp³-hybridized carbons (Fsp3) is 0.538. The number of benzene rings is 1. The number of anilines is 1. The van der Waals surface area contributed by atoms with Gasteiger partial charge in [-0.3, -0.25) is 0 Å². The Kier molecular flexibility index (Phi) is 4.26. The zero-order chi connectivity index (χ0) is 14.0. The molecule has 1 aliphatic rings. The van der Waals surface area contributed by atoms with Crippen molar-refractivity contribution in [3.05, 3.63) is 28.8 Å². The summed E-state index contributed by atoms with van der Waals surface area (Å²) in [5.74, 6) is 0. The highest BCUT2D eigenvalue weighted by Gasteiger charge is 2.32. The van der Waals surface area contributed by atoms with Gasteiger partial charge in [0.1, 0.15) is 0 Å². The summed E-state index contributed by atoms with van der Waals surface area (Å²) in [7, 11) is 1.90. The van der Waals surface area contributed by atoms with E-state index in [1.54, 1.807) is 0 Å². The topological polar surface area (TPSA) is 15.3 Å². The van der Waals surface area contributed by atoms with Crippen LogP contribution in [0.25, 0.3) is 0 Å². The second-order valence-corrected chi connectivity index (χ2v) is 5.12. The molecule has 0 amide bonds. The molecule has 0 atom stereocenters. The van der Waals surface area contributed by atoms with Crippen molar-refractivity contribution in [3.8, 4) is 0 Å². The van der Waals surface area contributed by atoms with Crippen molar-refractivity contribution in [3.63, 3.8) is 0 Å². The Morgan fingerprint density at radius 3 is 2.42 bits per heavy atom. The fourth-order valence-electron chi connectivity index (χ4n) is 2.34. The molecular weight excluding hydrogens is 277 g/mol. The van der Waals surface area contributed by atoms with Gasteiger partial charge < -0.3 is 10.2 Å². The van der Waals surface area contributed by atoms with Gasteiger partial charge in [-0.25, -0.2) is 0 Å². The molecule has 0 aromatic heterocycles. The molecule has 1 aromatic carbocycles. The lowest BCUT2D eigenvalue weighted by Crippen LogP contribution is -2.41. The first-order chi connectivity index (χ1) is 8.91. The van der Waals surface area contributed by atoms with Crippen molar-refractivity contribution in [2.24, 2.45) is 0 Å². The van der Waals surface area contributed by atoms with E-state index in [-0.39, 0.29) is 0 Å². The van der Waals surface area contributed by atoms with Crippen LogP contribution in [0.1, 0.15) is 18.4 Å². The lowest BCUT2D eigenvalue weighted by Gasteiger charge is -2.34. The first-order valence-electron chi connectivity index (χ1n) is 6.21. The molecule has 1 heterocycles. The minimum absolute atomic E-state index is 0.371. The number of nitrogens with zero attached hydrogens (tertiary/aromatic N) is 1. The van der Waals surface area contributed by atoms with E-state index >= 15 is 0 Å². The van der Waals surface area contributed by atoms with E-state index in [0.717, 1.165) is 25.0 Å². The van der Waals surface area contributed by atoms with Crippen molar-refractivity contribution < 1.29 is 13.2 Å². The van der Waals surface area contributed by atoms with Crippen molar-refractivity contribution >= 4 is 17.3 Å². The van der Waals surface area contributed by atoms with Gasteiger partial charge in [0, 0.05) is 19.1 Å². The number of alkyl halides is 3. The van der Waals surface area contributed by atoms with E-state index in [1.165, 1.54) is 6.07 Å². The Bertz CT molecular complexity index is 440. The third-order valence-corrected chi connectivity index (χ3v) is 3.84. The number of piperidine rings is 1. The summed E-state index contributed by atoms with van der Waals surface area (Å²) in [6, 6.07) is 3.92. The second-order valence-electron chi connectivity index (χ2n) is 4.71. The number of halogens is 4. The molecule has 6 heteroatoms. The first-order valence-corrected chi connectivity index (χ1v) is 6.58. The van der Waals surface area contributed by atoms with Crippen LogP contribution in [-0.4, -0.2) is 26.2 Å². The summed E-state index contributed by atoms with van der Waals surface area (Å²) >= 11 is 6.03. The fourth-order valence-corrected chi connectivity index (χ4v) is 2.58. The van der Waals surface area contributed by atoms with E-state index < -0.39 is 11.7 Å². The van der Waals surface area contributed by atoms with E-state index in [4.69, 9.17) is 11.6 Å². The molecule has 19 heavy (non-hydrogen) atoms. The predicted octanol–water partition coefficient (Wildman–Crippen LogP) is 3.55. The average molecular weight is 293 g/mol. The van der Waals surface area contributed by atoms with Gasteiger partial charge in [-0.2, -0.15) is 13.2 Å². The third-order valence-electron chi connectivity index (χ3n) is 3.52. The molecule has 1 saturated heterocycles. The maximum absolute atomic E-state index is 12.7. The van der Waals surface area contributed by atoms with Crippen LogP contribution in [0.15, 0.2) is 18.2 Å². The molecule has 1 aromatic rings. The Morgan fingerprint density at radius 2 is 1.89 bits per heavy atom. The summed E-state index contributed by atoms with van der Waals surface area (Å²) in [5.41, 5.74) is -0.173. The van der Waals surface area contributed by atoms with Crippen molar-refractivity contribution in [1.82, 2.24) is 5.32 Å². The molecular formula is C13H16ClF3N2. The molecule has 0 aliphatic carbocycles. The van der Waals surface area contributed by atoms with Crippen molar-refractivity contribution in [1.29, 1.82) is 0 Å². The Morgan fingerprint density at radius 1 is 1.26 bits per heavy atom. The molecule has 1 N–H and O–H groups in total. The van der Waals surface area contributed by atoms with E-state index in [9.17, 15) is 13.2 Å². The molecule has 0 saturated carbocycles. The number of nitrogens with one attached hydrogen (secondary N) is 1. The Labute approximate surface area is 115 Å². The molecule has 0 bridgehead atoms. The molecule has 106 valence electrons. The van der Waals surface area contributed by atoms with Gasteiger partial charge in [-0.1, -0.05) is 11.6 Å². The maximum Gasteiger partial charge on any atom is 0.416 e. The van der Waals surface area contributed by atoms with Crippen LogP contribution in [-0.2, 0) is 6.18 Å². The summed E-state index contributed by atoms with van der Waals surface area (Å²) in [5, 5.41) is 3.56. The van der Waals surface area contributed by atoms with Crippen LogP contribution in [0.2, 0.25) is 5.02 Å². The van der Waals surface area contributed by atoms with E-state index in [2.05, 4.69) is 5.32 Å². The SMILES string of the molecule is CNC1CCN(c2cc(C(F)(F)F)ccc2Cl)CC1. The lowest BCUT2D eigenvalue weighted by molar-refractivity contribution is -0.137. The average Bonchev–Trinajstić information content (AvgIpc) is 2.38. The summed E-state index contributed by atoms with van der Waals surface area (Å²) in [4.78, 5) is 1.92. The minimum Gasteiger partial charge on any atom is -0.370 e. The van der Waals surface area contributed by atoms with E-state index in [1.807, 2.05) is 11.9 Å². The van der Waals surface area contributed by atoms with Crippen LogP contribution in [0, 0.1) is 0 Å². The highest BCUT2D eigenvalue weighted by atomic mass is 35.5. The zero-order valence-electron chi connectivity index (χ0n) is 10.6. The second kappa shape index (κ2) is 5.59. The van der Waals surface area contributed by atoms with E-state index in [0.29, 0.717) is 29.8 Å². The Balaban J connectivity index is 2.20. The van der Waals surface area contributed by atoms with Crippen LogP contribution < -0.4 is 10.2 Å². The normalized spacial score (nSPS) is 17.8. The lowest BCUT2D eigenvalue weighted by atomic mass is 10.0. The van der Waals surface area contributed by atoms with Gasteiger partial charge in [0.25, 0.3) is 0 Å². The molecule has 2 rings (SSSR count). The van der Waals surface area contributed by atoms with Crippen LogP contribution in [0.3, 0.4) is 0 Å². The molecule has 0 radical (unpaired) electrons. The van der Waals surface area contributed by atoms with Gasteiger partial charge in [0.05, 0.1) is 16.3 Å². The largest absolute Gasteiger partial charge is 0.416 e. The highest BCUT2D eigenvalue weighted by Crippen LogP contribution is 2.36. The maximum atomic E-state index is 12.7. The van der Waals surface area contributed by atoms with Crippen LogP contribution in [0.5, 0.6) is 0 Å². The van der Waals surface area contributed by atoms with Crippen LogP contribution in [0.4, 0.5) is 18.9 Å². The van der Waals surface area contributed by atoms with Crippen LogP contribution >= 0.6 is 11.6 Å². The minimum atomic E-state index is -4.33. The first kappa shape index (κ1) is 14.5. The van der Waals surface area contributed by atoms with Crippen molar-refractivity contribution in [2.45, 2.75) is 25.1 Å². The molecule has 1 aliphatic heterocycles. The summed E-state index contributed by atoms with van der Waals surface area (Å²) in [6.07, 6.45) is -2.52. The molecule has 1 fully saturated rings. The molecule has 0 spiro atoms. The van der Waals surface area contributed by atoms with Gasteiger partial charge >= 0.3 is 6.18 Å². The number of rotatable bonds is 2. The number of hydrogen-bond acceptors (Lipinski definition) is 2. The third kappa shape index (κ3) is 3.34. The standard InChI is InChI=1S/C13H16ClF3N2/c1-18-10-4-6-19(7-5-10)12-8-9(13(15,16)17)2-3-11(12)14/h2-3,8,10,18H,4-7H2,1H3. The zero-order valence-corrected chi connectivity index (χ0v) is 11.4. The number of hydrogen-bond donors (Lipinski definition) is 1. The van der Waals surface area contributed by atoms with Gasteiger partial charge in [-0.05, 0) is 38.1 Å². The van der Waals surface area contributed by atoms with Gasteiger partial charge in [-0.15, -0.1) is 0 Å². The molecule has 0 unspecified atom stereocenters. The molecule has 2 nitrogen and oxygen atoms in total. The highest BCUT2D eigenvalue weighted by molar-refractivity contribution is 6.33. The predicted molar refractivity (Wildman–Crippen MR) is 70.7 cm³/mol. The monoisotopic (exact) mass is 292 g/mol. The smallest absolute Gasteiger partial charge is 0.370 e. The Hall–Kier alpha value is -0.940. The summed E-state index contributed by atoms with van der Waals surface area (Å²) < 4.78 is 38.1. The van der Waals surface area contributed by atoms with Gasteiger partial charge in [0.2, 0.25) is 0 Å². The van der Waals surface area contributed by atoms with Gasteiger partial charge in [0.15, 0.2) is 0 Å². The van der Waals surface area contributed by atoms with Crippen molar-refractivity contribution in [2.75, 3.05) is 25.0 Å².